The molecule has 6 nitrogen and oxygen atoms in total. The van der Waals surface area contributed by atoms with E-state index in [1.165, 1.54) is 6.21 Å². The molecular formula is C23H18BrCl2N3O3. The number of halogens is 3. The Morgan fingerprint density at radius 2 is 1.81 bits per heavy atom. The lowest BCUT2D eigenvalue weighted by atomic mass is 10.2. The molecule has 2 N–H and O–H groups in total. The van der Waals surface area contributed by atoms with Crippen LogP contribution in [0.1, 0.15) is 16.7 Å². The summed E-state index contributed by atoms with van der Waals surface area (Å²) >= 11 is 15.6. The Labute approximate surface area is 203 Å². The molecule has 0 aliphatic heterocycles. The number of nitrogens with zero attached hydrogens (tertiary/aromatic N) is 1. The van der Waals surface area contributed by atoms with Crippen molar-refractivity contribution in [3.05, 3.63) is 91.9 Å². The van der Waals surface area contributed by atoms with Crippen LogP contribution in [0.3, 0.4) is 0 Å². The van der Waals surface area contributed by atoms with Crippen molar-refractivity contribution < 1.29 is 14.3 Å². The zero-order valence-corrected chi connectivity index (χ0v) is 20.0. The average molecular weight is 535 g/mol. The first-order chi connectivity index (χ1) is 15.3. The molecule has 32 heavy (non-hydrogen) atoms. The van der Waals surface area contributed by atoms with Crippen molar-refractivity contribution in [3.63, 3.8) is 0 Å². The Morgan fingerprint density at radius 1 is 1.03 bits per heavy atom. The molecule has 0 atom stereocenters. The third-order valence-corrected chi connectivity index (χ3v) is 5.71. The fraction of sp³-hybridized carbons (Fsp3) is 0.0870. The summed E-state index contributed by atoms with van der Waals surface area (Å²) in [5.74, 6) is -1.13. The molecule has 3 aromatic rings. The van der Waals surface area contributed by atoms with Gasteiger partial charge >= 0.3 is 11.8 Å². The maximum atomic E-state index is 12.0. The summed E-state index contributed by atoms with van der Waals surface area (Å²) < 4.78 is 6.50. The Morgan fingerprint density at radius 3 is 2.53 bits per heavy atom. The normalized spacial score (nSPS) is 10.8. The fourth-order valence-electron chi connectivity index (χ4n) is 2.56. The number of rotatable bonds is 6. The van der Waals surface area contributed by atoms with E-state index in [9.17, 15) is 9.59 Å². The monoisotopic (exact) mass is 533 g/mol. The predicted octanol–water partition coefficient (Wildman–Crippen LogP) is 5.73. The highest BCUT2D eigenvalue weighted by molar-refractivity contribution is 9.10. The summed E-state index contributed by atoms with van der Waals surface area (Å²) in [5.41, 5.74) is 5.04. The standard InChI is InChI=1S/C23H18BrCl2N3O3/c1-14-6-8-17(11-20(14)26)28-22(30)23(31)29-27-12-15-7-9-21(18(24)10-15)32-13-16-4-2-3-5-19(16)25/h2-12H,13H2,1H3,(H,28,30)(H,29,31)/b27-12-. The number of ether oxygens (including phenoxy) is 1. The van der Waals surface area contributed by atoms with E-state index >= 15 is 0 Å². The van der Waals surface area contributed by atoms with Crippen LogP contribution in [-0.2, 0) is 16.2 Å². The third-order valence-electron chi connectivity index (χ3n) is 4.31. The van der Waals surface area contributed by atoms with E-state index in [2.05, 4.69) is 31.8 Å². The summed E-state index contributed by atoms with van der Waals surface area (Å²) in [4.78, 5) is 23.9. The zero-order valence-electron chi connectivity index (χ0n) is 16.9. The minimum absolute atomic E-state index is 0.322. The van der Waals surface area contributed by atoms with Crippen molar-refractivity contribution in [3.8, 4) is 5.75 Å². The van der Waals surface area contributed by atoms with Gasteiger partial charge in [0, 0.05) is 21.3 Å². The van der Waals surface area contributed by atoms with Gasteiger partial charge in [0.05, 0.1) is 10.7 Å². The lowest BCUT2D eigenvalue weighted by Crippen LogP contribution is -2.32. The second-order valence-electron chi connectivity index (χ2n) is 6.69. The molecule has 0 bridgehead atoms. The van der Waals surface area contributed by atoms with Crippen LogP contribution in [0.15, 0.2) is 70.2 Å². The number of hydrogen-bond acceptors (Lipinski definition) is 4. The van der Waals surface area contributed by atoms with Crippen LogP contribution in [0.25, 0.3) is 0 Å². The summed E-state index contributed by atoms with van der Waals surface area (Å²) in [5, 5.41) is 7.41. The summed E-state index contributed by atoms with van der Waals surface area (Å²) in [6.45, 7) is 2.16. The van der Waals surface area contributed by atoms with Gasteiger partial charge in [0.1, 0.15) is 12.4 Å². The molecule has 164 valence electrons. The summed E-state index contributed by atoms with van der Waals surface area (Å²) in [6.07, 6.45) is 1.41. The van der Waals surface area contributed by atoms with E-state index in [-0.39, 0.29) is 0 Å². The van der Waals surface area contributed by atoms with Crippen LogP contribution >= 0.6 is 39.1 Å². The predicted molar refractivity (Wildman–Crippen MR) is 130 cm³/mol. The number of carbonyl (C=O) groups is 2. The van der Waals surface area contributed by atoms with Crippen molar-refractivity contribution in [1.29, 1.82) is 0 Å². The number of anilines is 1. The van der Waals surface area contributed by atoms with Gasteiger partial charge in [-0.2, -0.15) is 5.10 Å². The minimum atomic E-state index is -0.906. The van der Waals surface area contributed by atoms with E-state index in [1.54, 1.807) is 42.5 Å². The first-order valence-electron chi connectivity index (χ1n) is 9.40. The van der Waals surface area contributed by atoms with Crippen molar-refractivity contribution in [2.24, 2.45) is 5.10 Å². The Hall–Kier alpha value is -2.87. The molecular weight excluding hydrogens is 517 g/mol. The summed E-state index contributed by atoms with van der Waals surface area (Å²) in [6, 6.07) is 17.7. The molecule has 0 saturated heterocycles. The topological polar surface area (TPSA) is 79.8 Å². The van der Waals surface area contributed by atoms with Crippen molar-refractivity contribution in [2.75, 3.05) is 5.32 Å². The largest absolute Gasteiger partial charge is 0.488 e. The van der Waals surface area contributed by atoms with Crippen molar-refractivity contribution >= 4 is 62.8 Å². The molecule has 0 aliphatic carbocycles. The molecule has 3 rings (SSSR count). The van der Waals surface area contributed by atoms with Crippen molar-refractivity contribution in [1.82, 2.24) is 5.43 Å². The molecule has 0 fully saturated rings. The quantitative estimate of drug-likeness (QED) is 0.241. The highest BCUT2D eigenvalue weighted by Gasteiger charge is 2.13. The van der Waals surface area contributed by atoms with Gasteiger partial charge in [0.25, 0.3) is 0 Å². The number of benzene rings is 3. The molecule has 0 aliphatic rings. The number of nitrogens with one attached hydrogen (secondary N) is 2. The highest BCUT2D eigenvalue weighted by atomic mass is 79.9. The minimum Gasteiger partial charge on any atom is -0.488 e. The van der Waals surface area contributed by atoms with E-state index in [0.29, 0.717) is 38.1 Å². The first kappa shape index (κ1) is 23.8. The van der Waals surface area contributed by atoms with Crippen LogP contribution in [0.5, 0.6) is 5.75 Å². The van der Waals surface area contributed by atoms with Gasteiger partial charge in [0.2, 0.25) is 0 Å². The zero-order chi connectivity index (χ0) is 23.1. The van der Waals surface area contributed by atoms with Crippen LogP contribution in [-0.4, -0.2) is 18.0 Å². The van der Waals surface area contributed by atoms with Crippen LogP contribution in [0.2, 0.25) is 10.0 Å². The van der Waals surface area contributed by atoms with Crippen molar-refractivity contribution in [2.45, 2.75) is 13.5 Å². The average Bonchev–Trinajstić information content (AvgIpc) is 2.76. The molecule has 3 aromatic carbocycles. The van der Waals surface area contributed by atoms with Gasteiger partial charge in [-0.05, 0) is 70.4 Å². The van der Waals surface area contributed by atoms with E-state index in [0.717, 1.165) is 11.1 Å². The molecule has 2 amide bonds. The van der Waals surface area contributed by atoms with Crippen LogP contribution in [0.4, 0.5) is 5.69 Å². The molecule has 0 aromatic heterocycles. The maximum absolute atomic E-state index is 12.0. The second-order valence-corrected chi connectivity index (χ2v) is 8.36. The first-order valence-corrected chi connectivity index (χ1v) is 10.9. The number of hydrazone groups is 1. The second kappa shape index (κ2) is 11.1. The molecule has 9 heteroatoms. The SMILES string of the molecule is Cc1ccc(NC(=O)C(=O)N/N=C\c2ccc(OCc3ccccc3Cl)c(Br)c2)cc1Cl. The Balaban J connectivity index is 1.53. The highest BCUT2D eigenvalue weighted by Crippen LogP contribution is 2.27. The molecule has 0 radical (unpaired) electrons. The van der Waals surface area contributed by atoms with Crippen LogP contribution in [0, 0.1) is 6.92 Å². The number of aryl methyl sites for hydroxylation is 1. The lowest BCUT2D eigenvalue weighted by Gasteiger charge is -2.10. The fourth-order valence-corrected chi connectivity index (χ4v) is 3.44. The molecule has 0 saturated carbocycles. The molecule has 0 spiro atoms. The van der Waals surface area contributed by atoms with E-state index < -0.39 is 11.8 Å². The Kier molecular flexibility index (Phi) is 8.27. The van der Waals surface area contributed by atoms with Gasteiger partial charge < -0.3 is 10.1 Å². The third kappa shape index (κ3) is 6.56. The van der Waals surface area contributed by atoms with Gasteiger partial charge in [0.15, 0.2) is 0 Å². The van der Waals surface area contributed by atoms with Crippen LogP contribution < -0.4 is 15.5 Å². The lowest BCUT2D eigenvalue weighted by molar-refractivity contribution is -0.136. The Bertz CT molecular complexity index is 1180. The maximum Gasteiger partial charge on any atom is 0.329 e. The number of hydrogen-bond donors (Lipinski definition) is 2. The molecule has 0 heterocycles. The van der Waals surface area contributed by atoms with Gasteiger partial charge in [-0.3, -0.25) is 9.59 Å². The van der Waals surface area contributed by atoms with E-state index in [4.69, 9.17) is 27.9 Å². The number of carbonyl (C=O) groups excluding carboxylic acids is 2. The van der Waals surface area contributed by atoms with Gasteiger partial charge in [-0.25, -0.2) is 5.43 Å². The summed E-state index contributed by atoms with van der Waals surface area (Å²) in [7, 11) is 0. The van der Waals surface area contributed by atoms with E-state index in [1.807, 2.05) is 25.1 Å². The van der Waals surface area contributed by atoms with Gasteiger partial charge in [-0.15, -0.1) is 0 Å². The smallest absolute Gasteiger partial charge is 0.329 e. The molecule has 0 unspecified atom stereocenters. The van der Waals surface area contributed by atoms with Gasteiger partial charge in [-0.1, -0.05) is 47.5 Å². The number of amides is 2.